The second-order valence-corrected chi connectivity index (χ2v) is 23.3. The van der Waals surface area contributed by atoms with E-state index in [4.69, 9.17) is 0 Å². The van der Waals surface area contributed by atoms with Crippen LogP contribution in [0.4, 0.5) is 0 Å². The Morgan fingerprint density at radius 1 is 0.629 bits per heavy atom. The van der Waals surface area contributed by atoms with Gasteiger partial charge in [0, 0.05) is 28.1 Å². The van der Waals surface area contributed by atoms with Crippen molar-refractivity contribution >= 4 is 74.7 Å². The van der Waals surface area contributed by atoms with E-state index in [0.29, 0.717) is 0 Å². The van der Waals surface area contributed by atoms with Gasteiger partial charge in [0.05, 0.1) is 0 Å². The third-order valence-corrected chi connectivity index (χ3v) is 14.1. The molecule has 0 heterocycles. The van der Waals surface area contributed by atoms with Crippen LogP contribution in [0.2, 0.25) is 0 Å². The van der Waals surface area contributed by atoms with Gasteiger partial charge in [0.15, 0.2) is 10.3 Å². The van der Waals surface area contributed by atoms with Gasteiger partial charge in [-0.15, -0.1) is 0 Å². The maximum Gasteiger partial charge on any atom is 0.349 e. The molecule has 2 aromatic rings. The summed E-state index contributed by atoms with van der Waals surface area (Å²) in [7, 11) is -3.59. The molecule has 0 aliphatic heterocycles. The average molecular weight is 761 g/mol. The zero-order valence-corrected chi connectivity index (χ0v) is 30.6. The lowest BCUT2D eigenvalue weighted by Crippen LogP contribution is -2.34. The first-order chi connectivity index (χ1) is 15.4. The van der Waals surface area contributed by atoms with Gasteiger partial charge in [-0.05, 0) is 101 Å². The predicted octanol–water partition coefficient (Wildman–Crippen LogP) is 11.5. The first kappa shape index (κ1) is 35.5. The van der Waals surface area contributed by atoms with E-state index in [-0.39, 0.29) is 20.6 Å². The van der Waals surface area contributed by atoms with Crippen LogP contribution in [0.5, 0.6) is 0 Å². The maximum absolute atomic E-state index is 13.6. The molecule has 2 aromatic carbocycles. The lowest BCUT2D eigenvalue weighted by molar-refractivity contribution is 0.527. The molecule has 0 fully saturated rings. The lowest BCUT2D eigenvalue weighted by atomic mass is 10.2. The summed E-state index contributed by atoms with van der Waals surface area (Å²) < 4.78 is 28.6. The van der Waals surface area contributed by atoms with Crippen molar-refractivity contribution in [3.8, 4) is 0 Å². The van der Waals surface area contributed by atoms with Crippen LogP contribution in [0.25, 0.3) is 0 Å². The van der Waals surface area contributed by atoms with Gasteiger partial charge in [-0.1, -0.05) is 90.1 Å². The highest BCUT2D eigenvalue weighted by Crippen LogP contribution is 2.65. The molecule has 0 amide bonds. The molecule has 0 saturated carbocycles. The highest BCUT2D eigenvalue weighted by molar-refractivity contribution is 14.1. The highest BCUT2D eigenvalue weighted by Gasteiger charge is 2.47. The van der Waals surface area contributed by atoms with E-state index in [2.05, 4.69) is 108 Å². The van der Waals surface area contributed by atoms with Gasteiger partial charge >= 0.3 is 7.80 Å². The fourth-order valence-corrected chi connectivity index (χ4v) is 10.9. The van der Waals surface area contributed by atoms with Crippen LogP contribution in [0.3, 0.4) is 0 Å². The topological polar surface area (TPSA) is 34.1 Å². The number of benzene rings is 2. The Morgan fingerprint density at radius 3 is 1.11 bits per heavy atom. The minimum absolute atomic E-state index is 0.0480. The Hall–Kier alpha value is 0.460. The van der Waals surface area contributed by atoms with Gasteiger partial charge in [-0.2, -0.15) is 0 Å². The monoisotopic (exact) mass is 759 g/mol. The van der Waals surface area contributed by atoms with E-state index in [0.717, 1.165) is 14.2 Å². The smallest absolute Gasteiger partial charge is 0.318 e. The van der Waals surface area contributed by atoms with Crippen molar-refractivity contribution in [2.24, 2.45) is 0 Å². The Morgan fingerprint density at radius 2 is 0.914 bits per heavy atom. The Balaban J connectivity index is 0.000000544. The summed E-state index contributed by atoms with van der Waals surface area (Å²) in [6.45, 7) is 24.6. The quantitative estimate of drug-likeness (QED) is 0.214. The average Bonchev–Trinajstić information content (AvgIpc) is 2.67. The van der Waals surface area contributed by atoms with Crippen LogP contribution in [0, 0.1) is 3.57 Å². The van der Waals surface area contributed by atoms with Crippen molar-refractivity contribution in [2.75, 3.05) is 0 Å². The van der Waals surface area contributed by atoms with Crippen LogP contribution < -0.4 is 5.30 Å². The molecule has 0 radical (unpaired) electrons. The van der Waals surface area contributed by atoms with Gasteiger partial charge in [0.2, 0.25) is 0 Å². The number of rotatable bonds is 1. The largest absolute Gasteiger partial charge is 0.349 e. The summed E-state index contributed by atoms with van der Waals surface area (Å²) in [5.74, 6) is 0. The van der Waals surface area contributed by atoms with Crippen molar-refractivity contribution in [3.63, 3.8) is 0 Å². The number of hydrogen-bond donors (Lipinski definition) is 0. The Kier molecular flexibility index (Phi) is 13.7. The summed E-state index contributed by atoms with van der Waals surface area (Å²) in [6.07, 6.45) is 0. The molecule has 7 heteroatoms. The predicted molar refractivity (Wildman–Crippen MR) is 175 cm³/mol. The molecule has 0 aromatic heterocycles. The Labute approximate surface area is 246 Å². The van der Waals surface area contributed by atoms with Gasteiger partial charge in [0.1, 0.15) is 7.14 Å². The van der Waals surface area contributed by atoms with Crippen LogP contribution in [0.15, 0.2) is 57.5 Å². The molecule has 0 atom stereocenters. The molecular formula is C28H44Br2IO2P2+. The fourth-order valence-electron chi connectivity index (χ4n) is 3.87. The second-order valence-electron chi connectivity index (χ2n) is 12.5. The molecule has 0 saturated heterocycles. The Bertz CT molecular complexity index is 935. The number of halogens is 3. The normalized spacial score (nSPS) is 12.7. The third kappa shape index (κ3) is 11.4. The van der Waals surface area contributed by atoms with E-state index in [1.165, 1.54) is 3.57 Å². The zero-order valence-electron chi connectivity index (χ0n) is 23.5. The van der Waals surface area contributed by atoms with Crippen molar-refractivity contribution in [2.45, 2.75) is 104 Å². The van der Waals surface area contributed by atoms with Crippen LogP contribution in [-0.2, 0) is 9.13 Å². The van der Waals surface area contributed by atoms with Gasteiger partial charge in [0.25, 0.3) is 0 Å². The van der Waals surface area contributed by atoms with E-state index in [1.807, 2.05) is 77.9 Å². The zero-order chi connectivity index (χ0) is 28.0. The van der Waals surface area contributed by atoms with E-state index < -0.39 is 14.9 Å². The molecule has 0 N–H and O–H groups in total. The van der Waals surface area contributed by atoms with Crippen molar-refractivity contribution in [3.05, 3.63) is 61.0 Å². The molecular weight excluding hydrogens is 717 g/mol. The second kappa shape index (κ2) is 13.5. The summed E-state index contributed by atoms with van der Waals surface area (Å²) in [5.41, 5.74) is 0. The molecule has 198 valence electrons. The molecule has 2 nitrogen and oxygen atoms in total. The molecule has 0 aliphatic rings. The maximum atomic E-state index is 13.6. The van der Waals surface area contributed by atoms with Crippen molar-refractivity contribution in [1.29, 1.82) is 0 Å². The van der Waals surface area contributed by atoms with E-state index >= 15 is 0 Å². The van der Waals surface area contributed by atoms with E-state index in [1.54, 1.807) is 0 Å². The highest BCUT2D eigenvalue weighted by atomic mass is 127. The third-order valence-electron chi connectivity index (χ3n) is 5.10. The minimum Gasteiger partial charge on any atom is -0.318 e. The first-order valence-corrected chi connectivity index (χ1v) is 17.3. The molecule has 0 spiro atoms. The molecule has 0 unspecified atom stereocenters. The molecule has 0 bridgehead atoms. The van der Waals surface area contributed by atoms with Crippen LogP contribution >= 0.6 is 69.4 Å². The van der Waals surface area contributed by atoms with Crippen molar-refractivity contribution in [1.82, 2.24) is 0 Å². The molecule has 0 aliphatic carbocycles. The summed E-state index contributed by atoms with van der Waals surface area (Å²) in [5, 5.41) is 0.431. The van der Waals surface area contributed by atoms with E-state index in [9.17, 15) is 9.13 Å². The SMILES string of the molecule is Brc1ccc(I)cc1.CC(C)(C)P(=O)(c1ccc(Br)cc1)C(C)(C)C.CC(C)(C)[P+](=O)C(C)(C)C. The molecule has 2 rings (SSSR count). The minimum atomic E-state index is -2.48. The summed E-state index contributed by atoms with van der Waals surface area (Å²) in [4.78, 5) is 0. The van der Waals surface area contributed by atoms with Gasteiger partial charge in [-0.3, -0.25) is 0 Å². The van der Waals surface area contributed by atoms with Gasteiger partial charge < -0.3 is 4.57 Å². The number of hydrogen-bond acceptors (Lipinski definition) is 2. The van der Waals surface area contributed by atoms with Gasteiger partial charge in [-0.25, -0.2) is 0 Å². The standard InChI is InChI=1S/C14H22BrOP.C8H18OP.C6H4BrI/c1-13(2,3)17(16,14(4,5)6)12-9-7-11(15)8-10-12;1-7(2,3)10(9)8(4,5)6;7-5-1-3-6(8)4-2-5/h7-10H,1-6H3;1-6H3;1-4H/q;+1;. The molecule has 35 heavy (non-hydrogen) atoms. The van der Waals surface area contributed by atoms with Crippen LogP contribution in [-0.4, -0.2) is 20.6 Å². The van der Waals surface area contributed by atoms with Crippen LogP contribution in [0.1, 0.15) is 83.1 Å². The summed E-state index contributed by atoms with van der Waals surface area (Å²) >= 11 is 9.04. The van der Waals surface area contributed by atoms with Crippen molar-refractivity contribution < 1.29 is 9.13 Å². The lowest BCUT2D eigenvalue weighted by Gasteiger charge is -2.41. The first-order valence-electron chi connectivity index (χ1n) is 11.7. The summed E-state index contributed by atoms with van der Waals surface area (Å²) in [6, 6.07) is 16.1. The fraction of sp³-hybridized carbons (Fsp3) is 0.571.